The first-order valence-electron chi connectivity index (χ1n) is 9.91. The Balaban J connectivity index is 1.55. The Morgan fingerprint density at radius 2 is 1.91 bits per heavy atom. The summed E-state index contributed by atoms with van der Waals surface area (Å²) in [6.45, 7) is 0.0534. The van der Waals surface area contributed by atoms with Crippen molar-refractivity contribution < 1.29 is 24.0 Å². The Bertz CT molecular complexity index is 1380. The highest BCUT2D eigenvalue weighted by molar-refractivity contribution is 8.18. The van der Waals surface area contributed by atoms with Crippen molar-refractivity contribution in [1.82, 2.24) is 9.88 Å². The van der Waals surface area contributed by atoms with Crippen LogP contribution in [0.1, 0.15) is 11.1 Å². The van der Waals surface area contributed by atoms with Gasteiger partial charge in [0, 0.05) is 12.3 Å². The summed E-state index contributed by atoms with van der Waals surface area (Å²) in [6, 6.07) is 12.3. The lowest BCUT2D eigenvalue weighted by atomic mass is 10.1. The minimum atomic E-state index is -0.600. The number of hydrogen-bond acceptors (Lipinski definition) is 8. The summed E-state index contributed by atoms with van der Waals surface area (Å²) < 4.78 is 11.0. The Kier molecular flexibility index (Phi) is 7.25. The molecule has 0 N–H and O–H groups in total. The second-order valence-electron chi connectivity index (χ2n) is 7.11. The second kappa shape index (κ2) is 10.3. The van der Waals surface area contributed by atoms with E-state index in [0.717, 1.165) is 16.7 Å². The van der Waals surface area contributed by atoms with Crippen LogP contribution in [0.4, 0.5) is 10.5 Å². The van der Waals surface area contributed by atoms with Gasteiger partial charge in [0.2, 0.25) is 0 Å². The third kappa shape index (κ3) is 5.40. The number of carbonyl (C=O) groups excluding carboxylic acids is 2. The van der Waals surface area contributed by atoms with Gasteiger partial charge in [-0.2, -0.15) is 0 Å². The van der Waals surface area contributed by atoms with Gasteiger partial charge in [0.05, 0.1) is 33.5 Å². The van der Waals surface area contributed by atoms with Crippen molar-refractivity contribution in [2.45, 2.75) is 6.54 Å². The molecular formula is C23H15Cl2N3O6S. The van der Waals surface area contributed by atoms with E-state index in [1.54, 1.807) is 36.4 Å². The molecule has 3 aromatic rings. The van der Waals surface area contributed by atoms with Crippen LogP contribution in [-0.4, -0.2) is 33.1 Å². The van der Waals surface area contributed by atoms with Crippen molar-refractivity contribution in [2.75, 3.05) is 7.11 Å². The zero-order valence-corrected chi connectivity index (χ0v) is 20.3. The second-order valence-corrected chi connectivity index (χ2v) is 8.92. The molecule has 1 aromatic heterocycles. The molecule has 0 aliphatic carbocycles. The Hall–Kier alpha value is -3.60. The predicted molar refractivity (Wildman–Crippen MR) is 132 cm³/mol. The van der Waals surface area contributed by atoms with Gasteiger partial charge in [0.25, 0.3) is 17.0 Å². The van der Waals surface area contributed by atoms with Crippen molar-refractivity contribution in [3.63, 3.8) is 0 Å². The molecule has 1 aliphatic heterocycles. The molecule has 35 heavy (non-hydrogen) atoms. The number of rotatable bonds is 7. The zero-order valence-electron chi connectivity index (χ0n) is 17.9. The van der Waals surface area contributed by atoms with Crippen LogP contribution in [0.2, 0.25) is 10.0 Å². The largest absolute Gasteiger partial charge is 0.493 e. The van der Waals surface area contributed by atoms with E-state index >= 15 is 0 Å². The first-order chi connectivity index (χ1) is 16.8. The molecule has 0 unspecified atom stereocenters. The maximum absolute atomic E-state index is 12.9. The van der Waals surface area contributed by atoms with Crippen LogP contribution < -0.4 is 9.47 Å². The first kappa shape index (κ1) is 24.5. The highest BCUT2D eigenvalue weighted by Crippen LogP contribution is 2.38. The van der Waals surface area contributed by atoms with Crippen LogP contribution in [-0.2, 0) is 11.3 Å². The van der Waals surface area contributed by atoms with Gasteiger partial charge in [-0.05, 0) is 59.3 Å². The molecule has 12 heteroatoms. The number of thioether (sulfide) groups is 1. The molecule has 0 saturated carbocycles. The summed E-state index contributed by atoms with van der Waals surface area (Å²) in [7, 11) is 1.41. The number of benzene rings is 2. The van der Waals surface area contributed by atoms with E-state index in [2.05, 4.69) is 4.98 Å². The van der Waals surface area contributed by atoms with Crippen LogP contribution in [0.25, 0.3) is 6.08 Å². The van der Waals surface area contributed by atoms with Gasteiger partial charge in [-0.25, -0.2) is 4.98 Å². The third-order valence-corrected chi connectivity index (χ3v) is 6.48. The molecule has 178 valence electrons. The summed E-state index contributed by atoms with van der Waals surface area (Å²) >= 11 is 12.8. The van der Waals surface area contributed by atoms with Crippen LogP contribution in [0.3, 0.4) is 0 Å². The van der Waals surface area contributed by atoms with Crippen LogP contribution >= 0.6 is 35.0 Å². The number of nitrogens with zero attached hydrogens (tertiary/aromatic N) is 3. The fourth-order valence-corrected chi connectivity index (χ4v) is 4.33. The van der Waals surface area contributed by atoms with Gasteiger partial charge < -0.3 is 9.47 Å². The van der Waals surface area contributed by atoms with Crippen molar-refractivity contribution in [2.24, 2.45) is 0 Å². The lowest BCUT2D eigenvalue weighted by molar-refractivity contribution is -0.386. The highest BCUT2D eigenvalue weighted by atomic mass is 35.5. The topological polar surface area (TPSA) is 112 Å². The lowest BCUT2D eigenvalue weighted by Crippen LogP contribution is -2.27. The van der Waals surface area contributed by atoms with Gasteiger partial charge >= 0.3 is 5.69 Å². The number of imide groups is 1. The Morgan fingerprint density at radius 1 is 1.11 bits per heavy atom. The zero-order chi connectivity index (χ0) is 25.1. The average molecular weight is 532 g/mol. The van der Waals surface area contributed by atoms with Crippen LogP contribution in [0, 0.1) is 10.1 Å². The smallest absolute Gasteiger partial charge is 0.331 e. The molecule has 2 heterocycles. The summed E-state index contributed by atoms with van der Waals surface area (Å²) in [6.07, 6.45) is 2.92. The number of carbonyl (C=O) groups is 2. The fraction of sp³-hybridized carbons (Fsp3) is 0.0870. The van der Waals surface area contributed by atoms with Crippen LogP contribution in [0.15, 0.2) is 59.6 Å². The number of pyridine rings is 1. The lowest BCUT2D eigenvalue weighted by Gasteiger charge is -2.13. The van der Waals surface area contributed by atoms with Gasteiger partial charge in [0.15, 0.2) is 11.5 Å². The van der Waals surface area contributed by atoms with E-state index < -0.39 is 16.1 Å². The predicted octanol–water partition coefficient (Wildman–Crippen LogP) is 6.33. The molecule has 0 spiro atoms. The standard InChI is InChI=1S/C23H15Cl2N3O6S/c1-33-19-10-13(5-7-18(19)34-21-17(28(31)32)3-2-8-26-21)11-20-22(29)27(23(30)35-20)12-14-4-6-15(24)16(25)9-14/h2-11H,12H2,1H3. The van der Waals surface area contributed by atoms with E-state index in [0.29, 0.717) is 21.2 Å². The molecule has 1 aliphatic rings. The summed E-state index contributed by atoms with van der Waals surface area (Å²) in [4.78, 5) is 41.2. The monoisotopic (exact) mass is 531 g/mol. The number of aromatic nitrogens is 1. The van der Waals surface area contributed by atoms with Crippen LogP contribution in [0.5, 0.6) is 17.4 Å². The van der Waals surface area contributed by atoms with Gasteiger partial charge in [-0.1, -0.05) is 35.3 Å². The molecule has 0 bridgehead atoms. The van der Waals surface area contributed by atoms with Crippen molar-refractivity contribution in [1.29, 1.82) is 0 Å². The number of halogens is 2. The Labute approximate surface area is 213 Å². The molecule has 4 rings (SSSR count). The van der Waals surface area contributed by atoms with E-state index in [4.69, 9.17) is 32.7 Å². The maximum Gasteiger partial charge on any atom is 0.331 e. The number of amides is 2. The summed E-state index contributed by atoms with van der Waals surface area (Å²) in [5.41, 5.74) is 0.925. The molecule has 0 radical (unpaired) electrons. The Morgan fingerprint density at radius 3 is 2.63 bits per heavy atom. The van der Waals surface area contributed by atoms with E-state index in [1.807, 2.05) is 0 Å². The van der Waals surface area contributed by atoms with E-state index in [-0.39, 0.29) is 34.5 Å². The van der Waals surface area contributed by atoms with Gasteiger partial charge in [0.1, 0.15) is 0 Å². The maximum atomic E-state index is 12.9. The number of hydrogen-bond donors (Lipinski definition) is 0. The van der Waals surface area contributed by atoms with Crippen molar-refractivity contribution >= 4 is 57.9 Å². The van der Waals surface area contributed by atoms with E-state index in [9.17, 15) is 19.7 Å². The molecule has 2 amide bonds. The molecule has 1 fully saturated rings. The average Bonchev–Trinajstić information content (AvgIpc) is 3.09. The van der Waals surface area contributed by atoms with Crippen molar-refractivity contribution in [3.8, 4) is 17.4 Å². The number of methoxy groups -OCH3 is 1. The van der Waals surface area contributed by atoms with Crippen molar-refractivity contribution in [3.05, 3.63) is 90.9 Å². The highest BCUT2D eigenvalue weighted by Gasteiger charge is 2.35. The van der Waals surface area contributed by atoms with Gasteiger partial charge in [-0.3, -0.25) is 24.6 Å². The quantitative estimate of drug-likeness (QED) is 0.197. The van der Waals surface area contributed by atoms with E-state index in [1.165, 1.54) is 31.5 Å². The summed E-state index contributed by atoms with van der Waals surface area (Å²) in [5.74, 6) is -0.186. The molecule has 1 saturated heterocycles. The molecule has 2 aromatic carbocycles. The minimum Gasteiger partial charge on any atom is -0.493 e. The third-order valence-electron chi connectivity index (χ3n) is 4.84. The molecule has 9 nitrogen and oxygen atoms in total. The number of ether oxygens (including phenoxy) is 2. The molecule has 0 atom stereocenters. The summed E-state index contributed by atoms with van der Waals surface area (Å²) in [5, 5.41) is 11.5. The first-order valence-corrected chi connectivity index (χ1v) is 11.5. The fourth-order valence-electron chi connectivity index (χ4n) is 3.17. The number of nitro groups is 1. The minimum absolute atomic E-state index is 0.0534. The SMILES string of the molecule is COc1cc(C=C2SC(=O)N(Cc3ccc(Cl)c(Cl)c3)C2=O)ccc1Oc1ncccc1[N+](=O)[O-]. The van der Waals surface area contributed by atoms with Gasteiger partial charge in [-0.15, -0.1) is 0 Å². The molecular weight excluding hydrogens is 517 g/mol. The normalized spacial score (nSPS) is 14.5.